The van der Waals surface area contributed by atoms with E-state index < -0.39 is 0 Å². The summed E-state index contributed by atoms with van der Waals surface area (Å²) in [6.45, 7) is 7.68. The number of nitrogens with zero attached hydrogens (tertiary/aromatic N) is 1. The molecule has 0 aliphatic rings. The molecule has 0 radical (unpaired) electrons. The maximum atomic E-state index is 5.65. The van der Waals surface area contributed by atoms with Crippen molar-refractivity contribution in [2.45, 2.75) is 19.8 Å². The van der Waals surface area contributed by atoms with E-state index in [0.29, 0.717) is 0 Å². The highest BCUT2D eigenvalue weighted by Crippen LogP contribution is 1.94. The van der Waals surface area contributed by atoms with E-state index in [9.17, 15) is 0 Å². The normalized spacial score (nSPS) is 11.2. The zero-order valence-corrected chi connectivity index (χ0v) is 10.8. The van der Waals surface area contributed by atoms with Gasteiger partial charge in [-0.15, -0.1) is 11.6 Å². The van der Waals surface area contributed by atoms with E-state index in [-0.39, 0.29) is 0 Å². The van der Waals surface area contributed by atoms with Crippen LogP contribution in [0, 0.1) is 0 Å². The maximum absolute atomic E-state index is 5.65. The number of hydrogen-bond acceptors (Lipinski definition) is 3. The molecule has 0 rings (SSSR count). The van der Waals surface area contributed by atoms with Gasteiger partial charge >= 0.3 is 0 Å². The lowest BCUT2D eigenvalue weighted by Crippen LogP contribution is -2.28. The third-order valence-corrected chi connectivity index (χ3v) is 2.51. The first-order valence-corrected chi connectivity index (χ1v) is 6.23. The fourth-order valence-corrected chi connectivity index (χ4v) is 1.43. The van der Waals surface area contributed by atoms with Gasteiger partial charge in [0.25, 0.3) is 0 Å². The number of rotatable bonds is 11. The average molecular weight is 238 g/mol. The molecule has 0 aromatic carbocycles. The third kappa shape index (κ3) is 10.5. The lowest BCUT2D eigenvalue weighted by atomic mass is 10.4. The molecule has 92 valence electrons. The number of likely N-dealkylation sites (N-methyl/N-ethyl adjacent to an activating group) is 1. The van der Waals surface area contributed by atoms with Crippen LogP contribution in [0.5, 0.6) is 0 Å². The van der Waals surface area contributed by atoms with E-state index >= 15 is 0 Å². The third-order valence-electron chi connectivity index (χ3n) is 2.24. The highest BCUT2D eigenvalue weighted by Gasteiger charge is 2.00. The number of alkyl halides is 1. The molecular weight excluding hydrogens is 214 g/mol. The summed E-state index contributed by atoms with van der Waals surface area (Å²) in [5.41, 5.74) is 0. The van der Waals surface area contributed by atoms with Crippen LogP contribution in [0.15, 0.2) is 0 Å². The highest BCUT2D eigenvalue weighted by atomic mass is 35.5. The second-order valence-electron chi connectivity index (χ2n) is 3.44. The molecular formula is C11H24ClNO2. The SMILES string of the molecule is CCN(CCCCl)CCOCCCOC. The Labute approximate surface area is 98.7 Å². The molecule has 0 saturated carbocycles. The first kappa shape index (κ1) is 15.2. The smallest absolute Gasteiger partial charge is 0.0593 e. The predicted molar refractivity (Wildman–Crippen MR) is 64.8 cm³/mol. The Morgan fingerprint density at radius 1 is 1.07 bits per heavy atom. The second-order valence-corrected chi connectivity index (χ2v) is 3.81. The minimum absolute atomic E-state index is 0.741. The van der Waals surface area contributed by atoms with Crippen LogP contribution in [-0.2, 0) is 9.47 Å². The Kier molecular flexibility index (Phi) is 12.4. The molecule has 0 unspecified atom stereocenters. The van der Waals surface area contributed by atoms with Gasteiger partial charge in [0.15, 0.2) is 0 Å². The van der Waals surface area contributed by atoms with Gasteiger partial charge in [-0.25, -0.2) is 0 Å². The Bertz CT molecular complexity index is 125. The van der Waals surface area contributed by atoms with Gasteiger partial charge < -0.3 is 14.4 Å². The number of halogens is 1. The van der Waals surface area contributed by atoms with Crippen molar-refractivity contribution in [1.29, 1.82) is 0 Å². The van der Waals surface area contributed by atoms with E-state index in [4.69, 9.17) is 21.1 Å². The number of ether oxygens (including phenoxy) is 2. The fourth-order valence-electron chi connectivity index (χ4n) is 1.31. The maximum Gasteiger partial charge on any atom is 0.0593 e. The van der Waals surface area contributed by atoms with Gasteiger partial charge in [0.2, 0.25) is 0 Å². The van der Waals surface area contributed by atoms with Crippen LogP contribution in [0.25, 0.3) is 0 Å². The van der Waals surface area contributed by atoms with E-state index in [0.717, 1.165) is 58.2 Å². The molecule has 0 heterocycles. The fraction of sp³-hybridized carbons (Fsp3) is 1.00. The van der Waals surface area contributed by atoms with Gasteiger partial charge in [-0.3, -0.25) is 0 Å². The summed E-state index contributed by atoms with van der Waals surface area (Å²) in [6, 6.07) is 0. The number of hydrogen-bond donors (Lipinski definition) is 0. The van der Waals surface area contributed by atoms with Gasteiger partial charge in [-0.2, -0.15) is 0 Å². The summed E-state index contributed by atoms with van der Waals surface area (Å²) in [5.74, 6) is 0.741. The Hall–Kier alpha value is 0.170. The van der Waals surface area contributed by atoms with Crippen molar-refractivity contribution in [2.75, 3.05) is 52.4 Å². The van der Waals surface area contributed by atoms with Gasteiger partial charge in [0.05, 0.1) is 6.61 Å². The molecule has 0 bridgehead atoms. The average Bonchev–Trinajstić information content (AvgIpc) is 2.27. The zero-order chi connectivity index (χ0) is 11.4. The Morgan fingerprint density at radius 3 is 2.47 bits per heavy atom. The van der Waals surface area contributed by atoms with Crippen LogP contribution < -0.4 is 0 Å². The van der Waals surface area contributed by atoms with Crippen molar-refractivity contribution >= 4 is 11.6 Å². The summed E-state index contributed by atoms with van der Waals surface area (Å²) in [5, 5.41) is 0. The van der Waals surface area contributed by atoms with Gasteiger partial charge in [-0.05, 0) is 25.9 Å². The van der Waals surface area contributed by atoms with Gasteiger partial charge in [-0.1, -0.05) is 6.92 Å². The van der Waals surface area contributed by atoms with Crippen molar-refractivity contribution in [1.82, 2.24) is 4.90 Å². The molecule has 0 N–H and O–H groups in total. The molecule has 0 aromatic heterocycles. The minimum atomic E-state index is 0.741. The van der Waals surface area contributed by atoms with Crippen LogP contribution in [0.3, 0.4) is 0 Å². The molecule has 0 saturated heterocycles. The van der Waals surface area contributed by atoms with E-state index in [1.165, 1.54) is 0 Å². The summed E-state index contributed by atoms with van der Waals surface area (Å²) in [6.07, 6.45) is 2.03. The molecule has 0 spiro atoms. The standard InChI is InChI=1S/C11H24ClNO2/c1-3-13(7-4-6-12)8-11-15-10-5-9-14-2/h3-11H2,1-2H3. The zero-order valence-electron chi connectivity index (χ0n) is 10.0. The van der Waals surface area contributed by atoms with E-state index in [1.807, 2.05) is 0 Å². The second kappa shape index (κ2) is 12.2. The van der Waals surface area contributed by atoms with Crippen molar-refractivity contribution in [2.24, 2.45) is 0 Å². The van der Waals surface area contributed by atoms with Gasteiger partial charge in [0, 0.05) is 32.7 Å². The van der Waals surface area contributed by atoms with Gasteiger partial charge in [0.1, 0.15) is 0 Å². The van der Waals surface area contributed by atoms with Crippen LogP contribution in [0.2, 0.25) is 0 Å². The molecule has 15 heavy (non-hydrogen) atoms. The summed E-state index contributed by atoms with van der Waals surface area (Å²) >= 11 is 5.65. The van der Waals surface area contributed by atoms with Crippen molar-refractivity contribution in [3.05, 3.63) is 0 Å². The highest BCUT2D eigenvalue weighted by molar-refractivity contribution is 6.17. The Morgan fingerprint density at radius 2 is 1.87 bits per heavy atom. The molecule has 0 aromatic rings. The molecule has 0 atom stereocenters. The van der Waals surface area contributed by atoms with E-state index in [2.05, 4.69) is 11.8 Å². The van der Waals surface area contributed by atoms with Crippen molar-refractivity contribution in [3.8, 4) is 0 Å². The van der Waals surface area contributed by atoms with Crippen LogP contribution in [-0.4, -0.2) is 57.3 Å². The largest absolute Gasteiger partial charge is 0.385 e. The molecule has 0 aliphatic heterocycles. The molecule has 0 fully saturated rings. The molecule has 0 amide bonds. The quantitative estimate of drug-likeness (QED) is 0.405. The van der Waals surface area contributed by atoms with Crippen LogP contribution >= 0.6 is 11.6 Å². The van der Waals surface area contributed by atoms with Crippen LogP contribution in [0.1, 0.15) is 19.8 Å². The van der Waals surface area contributed by atoms with Crippen molar-refractivity contribution in [3.63, 3.8) is 0 Å². The first-order valence-electron chi connectivity index (χ1n) is 5.70. The lowest BCUT2D eigenvalue weighted by molar-refractivity contribution is 0.0848. The van der Waals surface area contributed by atoms with Crippen molar-refractivity contribution < 1.29 is 9.47 Å². The Balaban J connectivity index is 3.22. The summed E-state index contributed by atoms with van der Waals surface area (Å²) in [7, 11) is 1.71. The van der Waals surface area contributed by atoms with Crippen LogP contribution in [0.4, 0.5) is 0 Å². The molecule has 0 aliphatic carbocycles. The lowest BCUT2D eigenvalue weighted by Gasteiger charge is -2.19. The first-order chi connectivity index (χ1) is 7.35. The number of methoxy groups -OCH3 is 1. The summed E-state index contributed by atoms with van der Waals surface area (Å²) in [4.78, 5) is 2.36. The van der Waals surface area contributed by atoms with E-state index in [1.54, 1.807) is 7.11 Å². The predicted octanol–water partition coefficient (Wildman–Crippen LogP) is 1.99. The molecule has 3 nitrogen and oxygen atoms in total. The molecule has 4 heteroatoms. The minimum Gasteiger partial charge on any atom is -0.385 e. The topological polar surface area (TPSA) is 21.7 Å². The summed E-state index contributed by atoms with van der Waals surface area (Å²) < 4.78 is 10.4. The monoisotopic (exact) mass is 237 g/mol.